The lowest BCUT2D eigenvalue weighted by Gasteiger charge is -2.15. The predicted molar refractivity (Wildman–Crippen MR) is 205 cm³/mol. The highest BCUT2D eigenvalue weighted by atomic mass is 16.6. The van der Waals surface area contributed by atoms with Crippen molar-refractivity contribution >= 4 is 11.9 Å². The van der Waals surface area contributed by atoms with Gasteiger partial charge in [-0.05, 0) is 44.4 Å². The molecule has 1 rings (SSSR count). The summed E-state index contributed by atoms with van der Waals surface area (Å²) in [5.74, 6) is 0.252. The number of carbonyl (C=O) groups is 2. The Kier molecular flexibility index (Phi) is 31.4. The molecule has 1 heterocycles. The zero-order valence-electron chi connectivity index (χ0n) is 32.6. The second kappa shape index (κ2) is 33.7. The number of allylic oxidation sites excluding steroid dienone is 1. The van der Waals surface area contributed by atoms with Gasteiger partial charge in [0.2, 0.25) is 0 Å². The average molecular weight is 693 g/mol. The van der Waals surface area contributed by atoms with Crippen LogP contribution in [-0.4, -0.2) is 48.6 Å². The molecule has 0 aromatic carbocycles. The van der Waals surface area contributed by atoms with Crippen LogP contribution in [-0.2, 0) is 23.8 Å². The fraction of sp³-hybridized carbons (Fsp3) is 0.907. The fourth-order valence-corrected chi connectivity index (χ4v) is 6.57. The lowest BCUT2D eigenvalue weighted by Crippen LogP contribution is -2.28. The van der Waals surface area contributed by atoms with E-state index < -0.39 is 6.10 Å². The lowest BCUT2D eigenvalue weighted by atomic mass is 10.0. The molecular weight excluding hydrogens is 612 g/mol. The third-order valence-electron chi connectivity index (χ3n) is 9.91. The minimum atomic E-state index is -0.777. The normalized spacial score (nSPS) is 16.4. The molecule has 0 bridgehead atoms. The molecule has 0 aliphatic carbocycles. The summed E-state index contributed by atoms with van der Waals surface area (Å²) in [6.07, 6.45) is 40.1. The third kappa shape index (κ3) is 31.1. The van der Waals surface area contributed by atoms with Gasteiger partial charge >= 0.3 is 11.9 Å². The number of carbonyl (C=O) groups excluding carboxylic acids is 2. The number of epoxide rings is 1. The molecule has 1 aliphatic heterocycles. The van der Waals surface area contributed by atoms with Crippen molar-refractivity contribution in [2.45, 2.75) is 232 Å². The molecule has 49 heavy (non-hydrogen) atoms. The van der Waals surface area contributed by atoms with Crippen LogP contribution < -0.4 is 0 Å². The van der Waals surface area contributed by atoms with Crippen LogP contribution in [0.25, 0.3) is 0 Å². The highest BCUT2D eigenvalue weighted by Crippen LogP contribution is 2.30. The van der Waals surface area contributed by atoms with Gasteiger partial charge in [-0.1, -0.05) is 174 Å². The zero-order chi connectivity index (χ0) is 35.6. The molecule has 0 radical (unpaired) electrons. The molecule has 0 spiro atoms. The van der Waals surface area contributed by atoms with Crippen LogP contribution in [0.2, 0.25) is 0 Å². The smallest absolute Gasteiger partial charge is 0.306 e. The zero-order valence-corrected chi connectivity index (χ0v) is 32.6. The monoisotopic (exact) mass is 693 g/mol. The quantitative estimate of drug-likeness (QED) is 0.0302. The van der Waals surface area contributed by atoms with E-state index in [1.165, 1.54) is 122 Å². The van der Waals surface area contributed by atoms with Crippen molar-refractivity contribution in [1.82, 2.24) is 0 Å². The van der Waals surface area contributed by atoms with E-state index >= 15 is 0 Å². The fourth-order valence-electron chi connectivity index (χ4n) is 6.57. The summed E-state index contributed by atoms with van der Waals surface area (Å²) in [5, 5.41) is 9.58. The molecule has 0 aromatic rings. The number of esters is 2. The molecule has 3 atom stereocenters. The van der Waals surface area contributed by atoms with Crippen molar-refractivity contribution < 1.29 is 28.9 Å². The van der Waals surface area contributed by atoms with Crippen molar-refractivity contribution in [3.05, 3.63) is 12.2 Å². The topological polar surface area (TPSA) is 85.4 Å². The van der Waals surface area contributed by atoms with Crippen LogP contribution in [0.3, 0.4) is 0 Å². The number of aliphatic hydroxyl groups excluding tert-OH is 1. The molecule has 1 aliphatic rings. The SMILES string of the molecule is CCCCC/C=C\CC1OC1CCCCCCCC(=O)OC[C@H](CO)OC(=O)CCCCCCCCCCCCCCCCCCC(C)C. The van der Waals surface area contributed by atoms with Gasteiger partial charge in [-0.3, -0.25) is 9.59 Å². The molecule has 1 N–H and O–H groups in total. The molecule has 0 saturated carbocycles. The summed E-state index contributed by atoms with van der Waals surface area (Å²) < 4.78 is 16.4. The maximum atomic E-state index is 12.2. The van der Waals surface area contributed by atoms with Gasteiger partial charge in [-0.25, -0.2) is 0 Å². The maximum Gasteiger partial charge on any atom is 0.306 e. The van der Waals surface area contributed by atoms with Crippen LogP contribution in [0.5, 0.6) is 0 Å². The first kappa shape index (κ1) is 45.6. The Bertz CT molecular complexity index is 780. The summed E-state index contributed by atoms with van der Waals surface area (Å²) in [4.78, 5) is 24.3. The number of aliphatic hydroxyl groups is 1. The van der Waals surface area contributed by atoms with E-state index in [9.17, 15) is 14.7 Å². The van der Waals surface area contributed by atoms with E-state index in [1.807, 2.05) is 0 Å². The van der Waals surface area contributed by atoms with Gasteiger partial charge in [0.05, 0.1) is 18.8 Å². The Morgan fingerprint density at radius 3 is 1.67 bits per heavy atom. The number of hydrogen-bond acceptors (Lipinski definition) is 6. The largest absolute Gasteiger partial charge is 0.462 e. The average Bonchev–Trinajstić information content (AvgIpc) is 3.84. The summed E-state index contributed by atoms with van der Waals surface area (Å²) in [6.45, 7) is 6.47. The molecule has 0 aromatic heterocycles. The molecule has 288 valence electrons. The van der Waals surface area contributed by atoms with E-state index in [-0.39, 0.29) is 25.2 Å². The first-order valence-electron chi connectivity index (χ1n) is 21.2. The molecule has 6 heteroatoms. The second-order valence-electron chi connectivity index (χ2n) is 15.3. The highest BCUT2D eigenvalue weighted by Gasteiger charge is 2.36. The Balaban J connectivity index is 1.85. The van der Waals surface area contributed by atoms with Crippen molar-refractivity contribution in [1.29, 1.82) is 0 Å². The third-order valence-corrected chi connectivity index (χ3v) is 9.91. The minimum Gasteiger partial charge on any atom is -0.462 e. The number of unbranched alkanes of at least 4 members (excludes halogenated alkanes) is 22. The Labute approximate surface area is 303 Å². The summed E-state index contributed by atoms with van der Waals surface area (Å²) in [6, 6.07) is 0. The van der Waals surface area contributed by atoms with Crippen molar-refractivity contribution in [3.8, 4) is 0 Å². The predicted octanol–water partition coefficient (Wildman–Crippen LogP) is 12.1. The van der Waals surface area contributed by atoms with Crippen LogP contribution >= 0.6 is 0 Å². The first-order chi connectivity index (χ1) is 24.0. The highest BCUT2D eigenvalue weighted by molar-refractivity contribution is 5.70. The second-order valence-corrected chi connectivity index (χ2v) is 15.3. The summed E-state index contributed by atoms with van der Waals surface area (Å²) in [5.41, 5.74) is 0. The van der Waals surface area contributed by atoms with Crippen molar-refractivity contribution in [3.63, 3.8) is 0 Å². The van der Waals surface area contributed by atoms with Crippen LogP contribution in [0, 0.1) is 5.92 Å². The van der Waals surface area contributed by atoms with E-state index in [0.717, 1.165) is 63.7 Å². The standard InChI is InChI=1S/C43H80O6/c1-4-5-6-7-22-27-32-40-41(49-40)33-28-23-20-25-29-34-42(45)47-37-39(36-44)48-43(46)35-30-24-19-17-15-13-11-9-8-10-12-14-16-18-21-26-31-38(2)3/h22,27,38-41,44H,4-21,23-26,28-37H2,1-3H3/b27-22-/t39-,40?,41?/m0/s1. The molecular formula is C43H80O6. The van der Waals surface area contributed by atoms with Gasteiger partial charge in [0.1, 0.15) is 6.61 Å². The molecule has 2 unspecified atom stereocenters. The van der Waals surface area contributed by atoms with E-state index in [0.29, 0.717) is 25.0 Å². The summed E-state index contributed by atoms with van der Waals surface area (Å²) >= 11 is 0. The number of rotatable bonds is 37. The van der Waals surface area contributed by atoms with Crippen LogP contribution in [0.15, 0.2) is 12.2 Å². The maximum absolute atomic E-state index is 12.2. The van der Waals surface area contributed by atoms with Crippen LogP contribution in [0.1, 0.15) is 213 Å². The molecule has 0 amide bonds. The molecule has 1 saturated heterocycles. The van der Waals surface area contributed by atoms with E-state index in [1.54, 1.807) is 0 Å². The van der Waals surface area contributed by atoms with Gasteiger partial charge in [0.15, 0.2) is 6.10 Å². The van der Waals surface area contributed by atoms with E-state index in [4.69, 9.17) is 14.2 Å². The Hall–Kier alpha value is -1.40. The van der Waals surface area contributed by atoms with Gasteiger partial charge in [0, 0.05) is 12.8 Å². The first-order valence-corrected chi connectivity index (χ1v) is 21.2. The molecule has 6 nitrogen and oxygen atoms in total. The van der Waals surface area contributed by atoms with Gasteiger partial charge in [-0.15, -0.1) is 0 Å². The van der Waals surface area contributed by atoms with Gasteiger partial charge < -0.3 is 19.3 Å². The van der Waals surface area contributed by atoms with Crippen LogP contribution in [0.4, 0.5) is 0 Å². The van der Waals surface area contributed by atoms with E-state index in [2.05, 4.69) is 32.9 Å². The number of ether oxygens (including phenoxy) is 3. The van der Waals surface area contributed by atoms with Gasteiger partial charge in [0.25, 0.3) is 0 Å². The van der Waals surface area contributed by atoms with Crippen molar-refractivity contribution in [2.24, 2.45) is 5.92 Å². The number of hydrogen-bond donors (Lipinski definition) is 1. The Morgan fingerprint density at radius 1 is 0.633 bits per heavy atom. The Morgan fingerprint density at radius 2 is 1.14 bits per heavy atom. The van der Waals surface area contributed by atoms with Crippen molar-refractivity contribution in [2.75, 3.05) is 13.2 Å². The lowest BCUT2D eigenvalue weighted by molar-refractivity contribution is -0.161. The minimum absolute atomic E-state index is 0.0733. The molecule has 1 fully saturated rings. The summed E-state index contributed by atoms with van der Waals surface area (Å²) in [7, 11) is 0. The van der Waals surface area contributed by atoms with Gasteiger partial charge in [-0.2, -0.15) is 0 Å².